The number of benzene rings is 2. The number of rotatable bonds is 3. The van der Waals surface area contributed by atoms with Crippen LogP contribution >= 0.6 is 0 Å². The van der Waals surface area contributed by atoms with E-state index in [1.807, 2.05) is 31.2 Å². The molecule has 106 valence electrons. The third-order valence-corrected chi connectivity index (χ3v) is 4.06. The van der Waals surface area contributed by atoms with E-state index in [2.05, 4.69) is 5.32 Å². The van der Waals surface area contributed by atoms with Crippen LogP contribution in [0.25, 0.3) is 0 Å². The van der Waals surface area contributed by atoms with Gasteiger partial charge in [-0.05, 0) is 43.7 Å². The quantitative estimate of drug-likeness (QED) is 0.755. The Balaban J connectivity index is 2.47. The predicted molar refractivity (Wildman–Crippen MR) is 81.4 cm³/mol. The van der Waals surface area contributed by atoms with Crippen LogP contribution in [0, 0.1) is 13.8 Å². The SMILES string of the molecule is Cc1ccc(Nc2cc(N)cc(S(N)(=O)=O)c2C)cc1. The van der Waals surface area contributed by atoms with E-state index in [9.17, 15) is 8.42 Å². The van der Waals surface area contributed by atoms with Crippen molar-refractivity contribution in [1.82, 2.24) is 0 Å². The lowest BCUT2D eigenvalue weighted by Gasteiger charge is -2.14. The lowest BCUT2D eigenvalue weighted by Crippen LogP contribution is -2.15. The molecule has 0 bridgehead atoms. The fraction of sp³-hybridized carbons (Fsp3) is 0.143. The average Bonchev–Trinajstić information content (AvgIpc) is 2.35. The maximum Gasteiger partial charge on any atom is 0.238 e. The normalized spacial score (nSPS) is 11.3. The second-order valence-electron chi connectivity index (χ2n) is 4.73. The van der Waals surface area contributed by atoms with E-state index in [4.69, 9.17) is 10.9 Å². The molecule has 0 saturated carbocycles. The molecule has 0 fully saturated rings. The maximum absolute atomic E-state index is 11.5. The number of hydrogen-bond donors (Lipinski definition) is 3. The van der Waals surface area contributed by atoms with Crippen LogP contribution in [0.3, 0.4) is 0 Å². The molecule has 0 radical (unpaired) electrons. The zero-order valence-electron chi connectivity index (χ0n) is 11.3. The largest absolute Gasteiger partial charge is 0.399 e. The molecule has 5 nitrogen and oxygen atoms in total. The molecule has 2 aromatic carbocycles. The summed E-state index contributed by atoms with van der Waals surface area (Å²) in [6, 6.07) is 10.8. The molecular weight excluding hydrogens is 274 g/mol. The highest BCUT2D eigenvalue weighted by atomic mass is 32.2. The van der Waals surface area contributed by atoms with Gasteiger partial charge in [-0.2, -0.15) is 0 Å². The minimum Gasteiger partial charge on any atom is -0.399 e. The number of primary sulfonamides is 1. The molecule has 0 aliphatic carbocycles. The lowest BCUT2D eigenvalue weighted by atomic mass is 10.1. The number of anilines is 3. The van der Waals surface area contributed by atoms with Gasteiger partial charge in [-0.1, -0.05) is 17.7 Å². The van der Waals surface area contributed by atoms with Crippen LogP contribution in [0.4, 0.5) is 17.1 Å². The lowest BCUT2D eigenvalue weighted by molar-refractivity contribution is 0.597. The van der Waals surface area contributed by atoms with Crippen LogP contribution in [0.15, 0.2) is 41.3 Å². The Hall–Kier alpha value is -2.05. The first-order valence-corrected chi connectivity index (χ1v) is 7.58. The van der Waals surface area contributed by atoms with E-state index in [1.54, 1.807) is 13.0 Å². The highest BCUT2D eigenvalue weighted by molar-refractivity contribution is 7.89. The standard InChI is InChI=1S/C14H17N3O2S/c1-9-3-5-12(6-4-9)17-13-7-11(15)8-14(10(13)2)20(16,18)19/h3-8,17H,15H2,1-2H3,(H2,16,18,19). The Bertz CT molecular complexity index is 738. The minimum absolute atomic E-state index is 0.0344. The van der Waals surface area contributed by atoms with Gasteiger partial charge in [-0.3, -0.25) is 0 Å². The molecule has 0 atom stereocenters. The van der Waals surface area contributed by atoms with Crippen LogP contribution < -0.4 is 16.2 Å². The van der Waals surface area contributed by atoms with E-state index < -0.39 is 10.0 Å². The summed E-state index contributed by atoms with van der Waals surface area (Å²) in [5.74, 6) is 0. The van der Waals surface area contributed by atoms with Crippen molar-refractivity contribution in [1.29, 1.82) is 0 Å². The summed E-state index contributed by atoms with van der Waals surface area (Å²) in [7, 11) is -3.80. The van der Waals surface area contributed by atoms with E-state index in [-0.39, 0.29) is 4.90 Å². The Kier molecular flexibility index (Phi) is 3.69. The molecule has 0 unspecified atom stereocenters. The molecule has 2 aromatic rings. The molecule has 0 spiro atoms. The fourth-order valence-corrected chi connectivity index (χ4v) is 2.76. The van der Waals surface area contributed by atoms with Gasteiger partial charge in [0, 0.05) is 17.1 Å². The first kappa shape index (κ1) is 14.4. The van der Waals surface area contributed by atoms with Gasteiger partial charge in [-0.25, -0.2) is 13.6 Å². The first-order chi connectivity index (χ1) is 9.27. The van der Waals surface area contributed by atoms with E-state index >= 15 is 0 Å². The Morgan fingerprint density at radius 3 is 2.20 bits per heavy atom. The summed E-state index contributed by atoms with van der Waals surface area (Å²) >= 11 is 0. The van der Waals surface area contributed by atoms with Crippen molar-refractivity contribution in [3.63, 3.8) is 0 Å². The second-order valence-corrected chi connectivity index (χ2v) is 6.26. The van der Waals surface area contributed by atoms with Crippen molar-refractivity contribution < 1.29 is 8.42 Å². The Labute approximate surface area is 118 Å². The number of hydrogen-bond acceptors (Lipinski definition) is 4. The third kappa shape index (κ3) is 3.09. The van der Waals surface area contributed by atoms with Crippen LogP contribution in [0.1, 0.15) is 11.1 Å². The summed E-state index contributed by atoms with van der Waals surface area (Å²) in [5.41, 5.74) is 9.25. The minimum atomic E-state index is -3.80. The van der Waals surface area contributed by atoms with E-state index in [0.717, 1.165) is 11.3 Å². The molecule has 6 heteroatoms. The number of nitrogens with one attached hydrogen (secondary N) is 1. The van der Waals surface area contributed by atoms with Crippen molar-refractivity contribution in [2.75, 3.05) is 11.1 Å². The zero-order valence-corrected chi connectivity index (χ0v) is 12.2. The molecule has 0 saturated heterocycles. The highest BCUT2D eigenvalue weighted by Crippen LogP contribution is 2.28. The zero-order chi connectivity index (χ0) is 14.9. The van der Waals surface area contributed by atoms with Gasteiger partial charge < -0.3 is 11.1 Å². The average molecular weight is 291 g/mol. The van der Waals surface area contributed by atoms with Gasteiger partial charge in [0.25, 0.3) is 0 Å². The molecule has 0 aliphatic heterocycles. The number of aryl methyl sites for hydroxylation is 1. The van der Waals surface area contributed by atoms with E-state index in [0.29, 0.717) is 16.9 Å². The summed E-state index contributed by atoms with van der Waals surface area (Å²) in [6.45, 7) is 3.68. The monoisotopic (exact) mass is 291 g/mol. The van der Waals surface area contributed by atoms with Crippen LogP contribution in [0.5, 0.6) is 0 Å². The van der Waals surface area contributed by atoms with Gasteiger partial charge >= 0.3 is 0 Å². The van der Waals surface area contributed by atoms with Gasteiger partial charge in [0.15, 0.2) is 0 Å². The number of nitrogen functional groups attached to an aromatic ring is 1. The first-order valence-electron chi connectivity index (χ1n) is 6.04. The molecule has 0 heterocycles. The molecule has 2 rings (SSSR count). The molecule has 20 heavy (non-hydrogen) atoms. The molecular formula is C14H17N3O2S. The second kappa shape index (κ2) is 5.15. The molecule has 5 N–H and O–H groups in total. The number of sulfonamides is 1. The summed E-state index contributed by atoms with van der Waals surface area (Å²) in [5, 5.41) is 8.35. The Morgan fingerprint density at radius 1 is 1.05 bits per heavy atom. The summed E-state index contributed by atoms with van der Waals surface area (Å²) < 4.78 is 23.1. The third-order valence-electron chi connectivity index (χ3n) is 3.02. The van der Waals surface area contributed by atoms with Crippen molar-refractivity contribution in [3.8, 4) is 0 Å². The molecule has 0 aliphatic rings. The van der Waals surface area contributed by atoms with Crippen LogP contribution in [0.2, 0.25) is 0 Å². The van der Waals surface area contributed by atoms with Gasteiger partial charge in [0.2, 0.25) is 10.0 Å². The van der Waals surface area contributed by atoms with Crippen molar-refractivity contribution in [2.45, 2.75) is 18.7 Å². The van der Waals surface area contributed by atoms with Crippen molar-refractivity contribution in [3.05, 3.63) is 47.5 Å². The summed E-state index contributed by atoms with van der Waals surface area (Å²) in [6.07, 6.45) is 0. The van der Waals surface area contributed by atoms with Crippen molar-refractivity contribution >= 4 is 27.1 Å². The summed E-state index contributed by atoms with van der Waals surface area (Å²) in [4.78, 5) is 0.0344. The number of nitrogens with two attached hydrogens (primary N) is 2. The van der Waals surface area contributed by atoms with Crippen LogP contribution in [-0.2, 0) is 10.0 Å². The maximum atomic E-state index is 11.5. The topological polar surface area (TPSA) is 98.2 Å². The Morgan fingerprint density at radius 2 is 1.65 bits per heavy atom. The van der Waals surface area contributed by atoms with Crippen molar-refractivity contribution in [2.24, 2.45) is 5.14 Å². The van der Waals surface area contributed by atoms with Gasteiger partial charge in [0.1, 0.15) is 0 Å². The predicted octanol–water partition coefficient (Wildman–Crippen LogP) is 2.28. The van der Waals surface area contributed by atoms with Gasteiger partial charge in [-0.15, -0.1) is 0 Å². The molecule has 0 amide bonds. The smallest absolute Gasteiger partial charge is 0.238 e. The van der Waals surface area contributed by atoms with Gasteiger partial charge in [0.05, 0.1) is 4.90 Å². The highest BCUT2D eigenvalue weighted by Gasteiger charge is 2.15. The van der Waals surface area contributed by atoms with Crippen LogP contribution in [-0.4, -0.2) is 8.42 Å². The molecule has 0 aromatic heterocycles. The van der Waals surface area contributed by atoms with E-state index in [1.165, 1.54) is 6.07 Å². The fourth-order valence-electron chi connectivity index (χ4n) is 1.93.